The third-order valence-corrected chi connectivity index (χ3v) is 6.30. The van der Waals surface area contributed by atoms with Gasteiger partial charge in [-0.25, -0.2) is 0 Å². The van der Waals surface area contributed by atoms with Crippen molar-refractivity contribution in [1.82, 2.24) is 5.32 Å². The van der Waals surface area contributed by atoms with Crippen LogP contribution in [0.1, 0.15) is 9.67 Å². The van der Waals surface area contributed by atoms with Gasteiger partial charge in [-0.15, -0.1) is 11.3 Å². The van der Waals surface area contributed by atoms with Gasteiger partial charge in [-0.3, -0.25) is 14.9 Å². The second kappa shape index (κ2) is 7.75. The number of piperazine rings is 1. The zero-order valence-corrected chi connectivity index (χ0v) is 16.3. The fraction of sp³-hybridized carbons (Fsp3) is 0.211. The van der Waals surface area contributed by atoms with Crippen molar-refractivity contribution in [1.29, 1.82) is 0 Å². The van der Waals surface area contributed by atoms with Crippen LogP contribution in [0.25, 0.3) is 10.1 Å². The van der Waals surface area contributed by atoms with Crippen molar-refractivity contribution < 1.29 is 9.72 Å². The van der Waals surface area contributed by atoms with E-state index in [1.54, 1.807) is 12.1 Å². The molecule has 0 spiro atoms. The van der Waals surface area contributed by atoms with Crippen LogP contribution in [0, 0.1) is 10.1 Å². The molecule has 1 aliphatic heterocycles. The fourth-order valence-electron chi connectivity index (χ4n) is 3.27. The molecule has 2 N–H and O–H groups in total. The molecule has 0 aliphatic carbocycles. The summed E-state index contributed by atoms with van der Waals surface area (Å²) in [6, 6.07) is 12.3. The van der Waals surface area contributed by atoms with Crippen LogP contribution >= 0.6 is 22.9 Å². The van der Waals surface area contributed by atoms with Crippen LogP contribution in [0.15, 0.2) is 42.5 Å². The van der Waals surface area contributed by atoms with Gasteiger partial charge in [-0.1, -0.05) is 29.8 Å². The Morgan fingerprint density at radius 3 is 2.68 bits per heavy atom. The van der Waals surface area contributed by atoms with Gasteiger partial charge in [-0.05, 0) is 18.2 Å². The van der Waals surface area contributed by atoms with Crippen molar-refractivity contribution >= 4 is 56.0 Å². The number of nitrogens with zero attached hydrogens (tertiary/aromatic N) is 2. The molecule has 3 aromatic rings. The average molecular weight is 417 g/mol. The van der Waals surface area contributed by atoms with Crippen LogP contribution in [0.2, 0.25) is 5.02 Å². The Labute approximate surface area is 170 Å². The molecule has 0 bridgehead atoms. The van der Waals surface area contributed by atoms with Crippen LogP contribution in [0.3, 0.4) is 0 Å². The topological polar surface area (TPSA) is 87.5 Å². The summed E-state index contributed by atoms with van der Waals surface area (Å²) in [5.41, 5.74) is 0.899. The summed E-state index contributed by atoms with van der Waals surface area (Å²) in [6.07, 6.45) is 0. The molecule has 0 unspecified atom stereocenters. The number of thiophene rings is 1. The van der Waals surface area contributed by atoms with E-state index in [9.17, 15) is 14.9 Å². The minimum absolute atomic E-state index is 0.0258. The largest absolute Gasteiger partial charge is 0.363 e. The Morgan fingerprint density at radius 2 is 1.96 bits per heavy atom. The van der Waals surface area contributed by atoms with E-state index in [0.717, 1.165) is 23.2 Å². The lowest BCUT2D eigenvalue weighted by atomic mass is 10.2. The van der Waals surface area contributed by atoms with E-state index in [4.69, 9.17) is 11.6 Å². The number of hydrogen-bond donors (Lipinski definition) is 2. The Kier molecular flexibility index (Phi) is 5.17. The van der Waals surface area contributed by atoms with E-state index >= 15 is 0 Å². The second-order valence-corrected chi connectivity index (χ2v) is 7.82. The maximum Gasteiger partial charge on any atom is 0.294 e. The number of benzene rings is 2. The average Bonchev–Trinajstić information content (AvgIpc) is 3.05. The van der Waals surface area contributed by atoms with Crippen molar-refractivity contribution in [2.24, 2.45) is 0 Å². The highest BCUT2D eigenvalue weighted by molar-refractivity contribution is 7.21. The number of anilines is 2. The Hall–Kier alpha value is -2.68. The van der Waals surface area contributed by atoms with E-state index in [1.165, 1.54) is 17.4 Å². The number of hydrogen-bond acceptors (Lipinski definition) is 6. The van der Waals surface area contributed by atoms with E-state index < -0.39 is 4.92 Å². The lowest BCUT2D eigenvalue weighted by Crippen LogP contribution is -2.43. The number of carbonyl (C=O) groups excluding carboxylic acids is 1. The molecule has 0 radical (unpaired) electrons. The first-order chi connectivity index (χ1) is 13.5. The highest BCUT2D eigenvalue weighted by Gasteiger charge is 2.23. The number of nitro benzene ring substituents is 1. The number of halogens is 1. The van der Waals surface area contributed by atoms with Gasteiger partial charge in [0.25, 0.3) is 11.6 Å². The number of amides is 1. The Morgan fingerprint density at radius 1 is 1.21 bits per heavy atom. The van der Waals surface area contributed by atoms with Crippen LogP contribution in [0.5, 0.6) is 0 Å². The van der Waals surface area contributed by atoms with E-state index in [-0.39, 0.29) is 11.6 Å². The monoisotopic (exact) mass is 416 g/mol. The van der Waals surface area contributed by atoms with Gasteiger partial charge in [0.05, 0.1) is 9.95 Å². The quantitative estimate of drug-likeness (QED) is 0.493. The normalized spacial score (nSPS) is 14.2. The molecule has 2 aromatic carbocycles. The Balaban J connectivity index is 1.62. The minimum atomic E-state index is -0.417. The van der Waals surface area contributed by atoms with Gasteiger partial charge in [0.2, 0.25) is 0 Å². The fourth-order valence-corrected chi connectivity index (χ4v) is 4.68. The van der Waals surface area contributed by atoms with Gasteiger partial charge >= 0.3 is 0 Å². The van der Waals surface area contributed by atoms with Crippen molar-refractivity contribution in [2.45, 2.75) is 0 Å². The molecular weight excluding hydrogens is 400 g/mol. The van der Waals surface area contributed by atoms with Crippen LogP contribution in [-0.2, 0) is 0 Å². The molecule has 1 amide bonds. The molecule has 9 heteroatoms. The van der Waals surface area contributed by atoms with Gasteiger partial charge in [0, 0.05) is 48.0 Å². The van der Waals surface area contributed by atoms with Gasteiger partial charge in [0.15, 0.2) is 0 Å². The predicted molar refractivity (Wildman–Crippen MR) is 113 cm³/mol. The second-order valence-electron chi connectivity index (χ2n) is 6.39. The smallest absolute Gasteiger partial charge is 0.294 e. The third kappa shape index (κ3) is 3.54. The highest BCUT2D eigenvalue weighted by atomic mass is 35.5. The molecule has 7 nitrogen and oxygen atoms in total. The number of carbonyl (C=O) groups is 1. The first-order valence-corrected chi connectivity index (χ1v) is 9.96. The minimum Gasteiger partial charge on any atom is -0.363 e. The standard InChI is InChI=1S/C19H17ClN4O3S/c20-17-13-3-1-2-4-16(13)28-18(17)19(25)22-12-5-6-14(15(11-12)24(26)27)23-9-7-21-8-10-23/h1-6,11,21H,7-10H2,(H,22,25). The maximum absolute atomic E-state index is 12.7. The SMILES string of the molecule is O=C(Nc1ccc(N2CCNCC2)c([N+](=O)[O-])c1)c1sc2ccccc2c1Cl. The molecule has 1 fully saturated rings. The molecule has 4 rings (SSSR count). The number of fused-ring (bicyclic) bond motifs is 1. The number of nitro groups is 1. The molecule has 144 valence electrons. The van der Waals surface area contributed by atoms with E-state index in [2.05, 4.69) is 10.6 Å². The van der Waals surface area contributed by atoms with Gasteiger partial charge < -0.3 is 15.5 Å². The lowest BCUT2D eigenvalue weighted by Gasteiger charge is -2.29. The van der Waals surface area contributed by atoms with Gasteiger partial charge in [0.1, 0.15) is 10.6 Å². The van der Waals surface area contributed by atoms with Crippen LogP contribution in [0.4, 0.5) is 17.1 Å². The predicted octanol–water partition coefficient (Wildman–Crippen LogP) is 4.12. The van der Waals surface area contributed by atoms with Crippen molar-refractivity contribution in [3.05, 3.63) is 62.5 Å². The molecule has 1 saturated heterocycles. The number of rotatable bonds is 4. The van der Waals surface area contributed by atoms with E-state index in [0.29, 0.717) is 34.4 Å². The van der Waals surface area contributed by atoms with Gasteiger partial charge in [-0.2, -0.15) is 0 Å². The first kappa shape index (κ1) is 18.7. The lowest BCUT2D eigenvalue weighted by molar-refractivity contribution is -0.384. The maximum atomic E-state index is 12.7. The zero-order chi connectivity index (χ0) is 19.7. The summed E-state index contributed by atoms with van der Waals surface area (Å²) in [5.74, 6) is -0.379. The molecule has 28 heavy (non-hydrogen) atoms. The third-order valence-electron chi connectivity index (χ3n) is 4.63. The summed E-state index contributed by atoms with van der Waals surface area (Å²) in [7, 11) is 0. The summed E-state index contributed by atoms with van der Waals surface area (Å²) in [4.78, 5) is 26.2. The van der Waals surface area contributed by atoms with Crippen molar-refractivity contribution in [3.8, 4) is 0 Å². The summed E-state index contributed by atoms with van der Waals surface area (Å²) in [5, 5.41) is 18.8. The van der Waals surface area contributed by atoms with Crippen LogP contribution < -0.4 is 15.5 Å². The summed E-state index contributed by atoms with van der Waals surface area (Å²) in [6.45, 7) is 2.95. The molecule has 1 aromatic heterocycles. The van der Waals surface area contributed by atoms with Crippen molar-refractivity contribution in [2.75, 3.05) is 36.4 Å². The highest BCUT2D eigenvalue weighted by Crippen LogP contribution is 2.36. The van der Waals surface area contributed by atoms with E-state index in [1.807, 2.05) is 29.2 Å². The molecule has 0 atom stereocenters. The molecule has 1 aliphatic rings. The zero-order valence-electron chi connectivity index (χ0n) is 14.8. The first-order valence-electron chi connectivity index (χ1n) is 8.77. The summed E-state index contributed by atoms with van der Waals surface area (Å²) < 4.78 is 0.915. The molecule has 0 saturated carbocycles. The molecule has 2 heterocycles. The Bertz CT molecular complexity index is 1060. The molecular formula is C19H17ClN4O3S. The van der Waals surface area contributed by atoms with Crippen LogP contribution in [-0.4, -0.2) is 37.0 Å². The number of nitrogens with one attached hydrogen (secondary N) is 2. The van der Waals surface area contributed by atoms with Crippen molar-refractivity contribution in [3.63, 3.8) is 0 Å². The summed E-state index contributed by atoms with van der Waals surface area (Å²) >= 11 is 7.65.